The zero-order valence-corrected chi connectivity index (χ0v) is 15.9. The Morgan fingerprint density at radius 1 is 0.885 bits per heavy atom. The van der Waals surface area contributed by atoms with Crippen LogP contribution in [0.25, 0.3) is 0 Å². The van der Waals surface area contributed by atoms with E-state index in [1.807, 2.05) is 11.0 Å². The number of hydrogen-bond donors (Lipinski definition) is 0. The van der Waals surface area contributed by atoms with Crippen LogP contribution in [0.15, 0.2) is 36.4 Å². The molecule has 26 heavy (non-hydrogen) atoms. The van der Waals surface area contributed by atoms with Crippen LogP contribution in [-0.4, -0.2) is 42.4 Å². The first kappa shape index (κ1) is 16.6. The maximum Gasteiger partial charge on any atom is 0.209 e. The molecule has 3 aliphatic rings. The second-order valence-corrected chi connectivity index (χ2v) is 8.34. The third kappa shape index (κ3) is 2.49. The summed E-state index contributed by atoms with van der Waals surface area (Å²) < 4.78 is 0. The van der Waals surface area contributed by atoms with Crippen molar-refractivity contribution in [2.24, 2.45) is 0 Å². The summed E-state index contributed by atoms with van der Waals surface area (Å²) in [6.07, 6.45) is 1.98. The van der Waals surface area contributed by atoms with Gasteiger partial charge in [0, 0.05) is 26.2 Å². The minimum Gasteiger partial charge on any atom is -0.343 e. The molecule has 2 aromatic rings. The number of carbonyl (C=O) groups excluding carboxylic acids is 1. The molecule has 3 atom stereocenters. The first-order valence-corrected chi connectivity index (χ1v) is 10.0. The van der Waals surface area contributed by atoms with Gasteiger partial charge in [-0.15, -0.1) is 23.2 Å². The Hall–Kier alpha value is -1.55. The highest BCUT2D eigenvalue weighted by Gasteiger charge is 2.40. The summed E-state index contributed by atoms with van der Waals surface area (Å²) in [7, 11) is 0. The summed E-state index contributed by atoms with van der Waals surface area (Å²) in [6, 6.07) is 13.1. The molecule has 0 aromatic heterocycles. The monoisotopic (exact) mass is 386 g/mol. The van der Waals surface area contributed by atoms with Crippen molar-refractivity contribution < 1.29 is 4.79 Å². The van der Waals surface area contributed by atoms with Gasteiger partial charge in [0.1, 0.15) is 0 Å². The van der Waals surface area contributed by atoms with Crippen molar-refractivity contribution in [3.8, 4) is 0 Å². The van der Waals surface area contributed by atoms with Crippen LogP contribution in [-0.2, 0) is 11.2 Å². The average Bonchev–Trinajstić information content (AvgIpc) is 3.48. The lowest BCUT2D eigenvalue weighted by atomic mass is 9.92. The smallest absolute Gasteiger partial charge is 0.209 e. The molecule has 1 amide bonds. The number of fused-ring (bicyclic) bond motifs is 4. The van der Waals surface area contributed by atoms with E-state index in [4.69, 9.17) is 23.2 Å². The van der Waals surface area contributed by atoms with Crippen LogP contribution in [0.3, 0.4) is 0 Å². The molecule has 134 valence electrons. The molecule has 1 saturated heterocycles. The Labute approximate surface area is 163 Å². The van der Waals surface area contributed by atoms with Gasteiger partial charge >= 0.3 is 0 Å². The number of alkyl halides is 2. The first-order chi connectivity index (χ1) is 12.7. The Bertz CT molecular complexity index is 876. The van der Waals surface area contributed by atoms with Gasteiger partial charge in [0.05, 0.1) is 16.8 Å². The summed E-state index contributed by atoms with van der Waals surface area (Å²) in [4.78, 5) is 15.4. The van der Waals surface area contributed by atoms with Gasteiger partial charge in [-0.25, -0.2) is 0 Å². The fourth-order valence-corrected chi connectivity index (χ4v) is 5.29. The molecule has 2 aromatic carbocycles. The summed E-state index contributed by atoms with van der Waals surface area (Å²) in [5.41, 5.74) is 7.69. The molecular formula is C21H20Cl2N2O. The zero-order chi connectivity index (χ0) is 17.8. The van der Waals surface area contributed by atoms with Gasteiger partial charge in [-0.1, -0.05) is 36.4 Å². The predicted molar refractivity (Wildman–Crippen MR) is 104 cm³/mol. The Balaban J connectivity index is 1.66. The topological polar surface area (TPSA) is 23.6 Å². The number of carbonyl (C=O) groups is 1. The van der Waals surface area contributed by atoms with Crippen molar-refractivity contribution in [1.29, 1.82) is 0 Å². The van der Waals surface area contributed by atoms with Gasteiger partial charge in [0.15, 0.2) is 0 Å². The number of piperazine rings is 1. The molecule has 0 N–H and O–H groups in total. The van der Waals surface area contributed by atoms with Crippen LogP contribution >= 0.6 is 23.2 Å². The third-order valence-corrected chi connectivity index (χ3v) is 7.09. The Morgan fingerprint density at radius 3 is 2.35 bits per heavy atom. The number of nitrogens with zero attached hydrogens (tertiary/aromatic N) is 2. The van der Waals surface area contributed by atoms with E-state index in [-0.39, 0.29) is 16.8 Å². The number of benzene rings is 2. The fraction of sp³-hybridized carbons (Fsp3) is 0.381. The van der Waals surface area contributed by atoms with Gasteiger partial charge < -0.3 is 4.90 Å². The molecule has 1 fully saturated rings. The van der Waals surface area contributed by atoms with Crippen molar-refractivity contribution in [2.75, 3.05) is 26.2 Å². The largest absolute Gasteiger partial charge is 0.343 e. The van der Waals surface area contributed by atoms with Gasteiger partial charge in [0.2, 0.25) is 6.41 Å². The second kappa shape index (κ2) is 6.26. The molecule has 0 radical (unpaired) electrons. The minimum atomic E-state index is -0.236. The van der Waals surface area contributed by atoms with Gasteiger partial charge in [-0.3, -0.25) is 9.69 Å². The number of halogens is 2. The lowest BCUT2D eigenvalue weighted by Crippen LogP contribution is -2.47. The maximum absolute atomic E-state index is 11.1. The summed E-state index contributed by atoms with van der Waals surface area (Å²) >= 11 is 13.8. The SMILES string of the molecule is O=CN1CCN(C2c3ccccc3C(Cl)C(Cl)c3c2ccc2c3C2)CC1. The van der Waals surface area contributed by atoms with Crippen LogP contribution < -0.4 is 0 Å². The number of rotatable bonds is 2. The van der Waals surface area contributed by atoms with E-state index in [1.54, 1.807) is 0 Å². The second-order valence-electron chi connectivity index (χ2n) is 7.40. The summed E-state index contributed by atoms with van der Waals surface area (Å²) in [6.45, 7) is 3.23. The van der Waals surface area contributed by atoms with Crippen LogP contribution in [0.4, 0.5) is 0 Å². The predicted octanol–water partition coefficient (Wildman–Crippen LogP) is 4.03. The molecule has 0 spiro atoms. The van der Waals surface area contributed by atoms with E-state index in [0.29, 0.717) is 0 Å². The minimum absolute atomic E-state index is 0.144. The summed E-state index contributed by atoms with van der Waals surface area (Å²) in [5.74, 6) is 0. The normalized spacial score (nSPS) is 27.2. The van der Waals surface area contributed by atoms with Gasteiger partial charge in [-0.2, -0.15) is 0 Å². The Kier molecular flexibility index (Phi) is 4.00. The lowest BCUT2D eigenvalue weighted by molar-refractivity contribution is -0.119. The highest BCUT2D eigenvalue weighted by atomic mass is 35.5. The molecule has 0 bridgehead atoms. The molecule has 0 saturated carbocycles. The van der Waals surface area contributed by atoms with Crippen molar-refractivity contribution in [3.05, 3.63) is 69.8 Å². The highest BCUT2D eigenvalue weighted by molar-refractivity contribution is 6.30. The maximum atomic E-state index is 11.1. The van der Waals surface area contributed by atoms with E-state index in [1.165, 1.54) is 27.8 Å². The molecule has 1 heterocycles. The molecule has 2 aliphatic carbocycles. The summed E-state index contributed by atoms with van der Waals surface area (Å²) in [5, 5.41) is -0.452. The first-order valence-electron chi connectivity index (χ1n) is 9.14. The Morgan fingerprint density at radius 2 is 1.62 bits per heavy atom. The van der Waals surface area contributed by atoms with Gasteiger partial charge in [-0.05, 0) is 39.8 Å². The van der Waals surface area contributed by atoms with E-state index in [9.17, 15) is 4.79 Å². The van der Waals surface area contributed by atoms with E-state index >= 15 is 0 Å². The standard InChI is InChI=1S/C21H20Cl2N2O/c22-19-14-3-1-2-4-15(14)21(25-9-7-24(12-26)8-10-25)16-6-5-13-11-17(13)18(16)20(19)23/h1-6,12,19-21H,7-11H2. The lowest BCUT2D eigenvalue weighted by Gasteiger charge is -2.39. The van der Waals surface area contributed by atoms with Crippen molar-refractivity contribution in [3.63, 3.8) is 0 Å². The molecule has 3 unspecified atom stereocenters. The van der Waals surface area contributed by atoms with E-state index in [2.05, 4.69) is 35.2 Å². The molecule has 5 heteroatoms. The average molecular weight is 387 g/mol. The van der Waals surface area contributed by atoms with Crippen LogP contribution in [0.1, 0.15) is 50.2 Å². The van der Waals surface area contributed by atoms with E-state index < -0.39 is 0 Å². The number of amides is 1. The van der Waals surface area contributed by atoms with Crippen LogP contribution in [0, 0.1) is 0 Å². The molecule has 3 nitrogen and oxygen atoms in total. The fourth-order valence-electron chi connectivity index (χ4n) is 4.57. The van der Waals surface area contributed by atoms with Crippen molar-refractivity contribution in [2.45, 2.75) is 23.2 Å². The highest BCUT2D eigenvalue weighted by Crippen LogP contribution is 2.53. The third-order valence-electron chi connectivity index (χ3n) is 6.01. The molecule has 1 aliphatic heterocycles. The van der Waals surface area contributed by atoms with Crippen LogP contribution in [0.2, 0.25) is 0 Å². The molecule has 5 rings (SSSR count). The van der Waals surface area contributed by atoms with Crippen LogP contribution in [0.5, 0.6) is 0 Å². The van der Waals surface area contributed by atoms with E-state index in [0.717, 1.165) is 44.6 Å². The van der Waals surface area contributed by atoms with Crippen molar-refractivity contribution in [1.82, 2.24) is 9.80 Å². The quantitative estimate of drug-likeness (QED) is 0.490. The zero-order valence-electron chi connectivity index (χ0n) is 14.4. The van der Waals surface area contributed by atoms with Crippen molar-refractivity contribution >= 4 is 29.6 Å². The molecular weight excluding hydrogens is 367 g/mol. The van der Waals surface area contributed by atoms with Gasteiger partial charge in [0.25, 0.3) is 0 Å². The number of hydrogen-bond acceptors (Lipinski definition) is 2.